The standard InChI is InChI=1S/C13H9NS.C8H10ClNS.C4H6/c1-2-5-11-10(4-1)8-14-9-12(11)13-6-3-7-15-13;1-10-3-2-6-4-8(9)11-7(6)5-10;1-3-4-2/h1-9H;4H,2-3,5H2,1H3;3-4H,1-2H2. The van der Waals surface area contributed by atoms with Gasteiger partial charge in [-0.1, -0.05) is 67.2 Å². The number of halogens is 1. The minimum atomic E-state index is 0.935. The van der Waals surface area contributed by atoms with Gasteiger partial charge in [-0.3, -0.25) is 4.98 Å². The molecule has 0 unspecified atom stereocenters. The SMILES string of the molecule is C=CC=C.CN1CCc2cc(Cl)sc2C1.c1csc(-c2cncc3ccccc23)c1. The quantitative estimate of drug-likeness (QED) is 0.289. The van der Waals surface area contributed by atoms with Gasteiger partial charge in [0.1, 0.15) is 0 Å². The first-order chi connectivity index (χ1) is 14.6. The highest BCUT2D eigenvalue weighted by atomic mass is 35.5. The van der Waals surface area contributed by atoms with E-state index in [0.29, 0.717) is 0 Å². The number of thiophene rings is 2. The highest BCUT2D eigenvalue weighted by Gasteiger charge is 2.15. The zero-order chi connectivity index (χ0) is 21.3. The number of allylic oxidation sites excluding steroid dienone is 2. The van der Waals surface area contributed by atoms with E-state index in [9.17, 15) is 0 Å². The van der Waals surface area contributed by atoms with Gasteiger partial charge in [0.05, 0.1) is 4.34 Å². The van der Waals surface area contributed by atoms with Crippen LogP contribution >= 0.6 is 34.3 Å². The van der Waals surface area contributed by atoms with Crippen LogP contribution in [0.2, 0.25) is 4.34 Å². The second-order valence-corrected chi connectivity index (χ2v) is 9.56. The summed E-state index contributed by atoms with van der Waals surface area (Å²) in [5, 5.41) is 4.57. The molecule has 0 aliphatic carbocycles. The van der Waals surface area contributed by atoms with Gasteiger partial charge in [-0.15, -0.1) is 22.7 Å². The lowest BCUT2D eigenvalue weighted by Gasteiger charge is -2.21. The van der Waals surface area contributed by atoms with Crippen LogP contribution in [0.5, 0.6) is 0 Å². The van der Waals surface area contributed by atoms with Gasteiger partial charge in [0.15, 0.2) is 0 Å². The molecule has 1 aliphatic rings. The third-order valence-electron chi connectivity index (χ3n) is 4.66. The Morgan fingerprint density at radius 2 is 1.90 bits per heavy atom. The summed E-state index contributed by atoms with van der Waals surface area (Å²) in [7, 11) is 2.15. The molecular weight excluding hydrogens is 428 g/mol. The topological polar surface area (TPSA) is 16.1 Å². The van der Waals surface area contributed by atoms with Crippen LogP contribution in [-0.4, -0.2) is 23.5 Å². The lowest BCUT2D eigenvalue weighted by molar-refractivity contribution is 0.317. The number of rotatable bonds is 2. The van der Waals surface area contributed by atoms with E-state index in [2.05, 4.69) is 71.9 Å². The first-order valence-corrected chi connectivity index (χ1v) is 11.8. The van der Waals surface area contributed by atoms with Crippen molar-refractivity contribution in [3.05, 3.63) is 100 Å². The second kappa shape index (κ2) is 11.2. The van der Waals surface area contributed by atoms with Crippen molar-refractivity contribution in [3.63, 3.8) is 0 Å². The maximum atomic E-state index is 5.90. The van der Waals surface area contributed by atoms with Crippen molar-refractivity contribution in [2.24, 2.45) is 0 Å². The third-order valence-corrected chi connectivity index (χ3v) is 6.86. The molecule has 0 amide bonds. The fourth-order valence-electron chi connectivity index (χ4n) is 3.16. The largest absolute Gasteiger partial charge is 0.301 e. The number of likely N-dealkylation sites (N-methyl/N-ethyl adjacent to an activating group) is 1. The fraction of sp³-hybridized carbons (Fsp3) is 0.160. The van der Waals surface area contributed by atoms with E-state index < -0.39 is 0 Å². The summed E-state index contributed by atoms with van der Waals surface area (Å²) in [6.07, 6.45) is 8.29. The predicted octanol–water partition coefficient (Wildman–Crippen LogP) is 7.71. The van der Waals surface area contributed by atoms with Gasteiger partial charge in [-0.2, -0.15) is 0 Å². The number of nitrogens with zero attached hydrogens (tertiary/aromatic N) is 2. The molecule has 30 heavy (non-hydrogen) atoms. The van der Waals surface area contributed by atoms with Crippen molar-refractivity contribution >= 4 is 45.0 Å². The maximum absolute atomic E-state index is 5.90. The third kappa shape index (κ3) is 5.89. The van der Waals surface area contributed by atoms with Crippen LogP contribution in [0.1, 0.15) is 10.4 Å². The Labute approximate surface area is 191 Å². The van der Waals surface area contributed by atoms with Crippen LogP contribution in [-0.2, 0) is 13.0 Å². The number of hydrogen-bond acceptors (Lipinski definition) is 4. The number of benzene rings is 1. The van der Waals surface area contributed by atoms with Gasteiger partial charge in [0.25, 0.3) is 0 Å². The van der Waals surface area contributed by atoms with Crippen molar-refractivity contribution in [2.75, 3.05) is 13.6 Å². The van der Waals surface area contributed by atoms with Crippen molar-refractivity contribution in [2.45, 2.75) is 13.0 Å². The first-order valence-electron chi connectivity index (χ1n) is 9.68. The highest BCUT2D eigenvalue weighted by Crippen LogP contribution is 2.31. The molecule has 2 nitrogen and oxygen atoms in total. The molecule has 0 bridgehead atoms. The minimum absolute atomic E-state index is 0.935. The van der Waals surface area contributed by atoms with Gasteiger partial charge in [0.2, 0.25) is 0 Å². The highest BCUT2D eigenvalue weighted by molar-refractivity contribution is 7.16. The van der Waals surface area contributed by atoms with E-state index in [4.69, 9.17) is 11.6 Å². The molecule has 3 aromatic heterocycles. The molecule has 5 rings (SSSR count). The van der Waals surface area contributed by atoms with Crippen molar-refractivity contribution in [1.82, 2.24) is 9.88 Å². The summed E-state index contributed by atoms with van der Waals surface area (Å²) in [6.45, 7) is 8.97. The number of hydrogen-bond donors (Lipinski definition) is 0. The molecule has 0 saturated heterocycles. The number of pyridine rings is 1. The Bertz CT molecular complexity index is 1090. The second-order valence-electron chi connectivity index (χ2n) is 6.84. The zero-order valence-corrected chi connectivity index (χ0v) is 19.4. The molecule has 1 aromatic carbocycles. The first kappa shape index (κ1) is 22.4. The van der Waals surface area contributed by atoms with Crippen LogP contribution in [0.4, 0.5) is 0 Å². The molecule has 0 atom stereocenters. The Hall–Kier alpha value is -2.24. The molecule has 0 N–H and O–H groups in total. The summed E-state index contributed by atoms with van der Waals surface area (Å²) < 4.78 is 0.935. The lowest BCUT2D eigenvalue weighted by atomic mass is 10.1. The van der Waals surface area contributed by atoms with E-state index in [1.807, 2.05) is 18.5 Å². The molecule has 1 aliphatic heterocycles. The molecule has 0 radical (unpaired) electrons. The molecule has 0 saturated carbocycles. The van der Waals surface area contributed by atoms with E-state index in [1.54, 1.807) is 34.8 Å². The summed E-state index contributed by atoms with van der Waals surface area (Å²) in [5.41, 5.74) is 2.68. The van der Waals surface area contributed by atoms with Gasteiger partial charge in [-0.05, 0) is 41.9 Å². The summed E-state index contributed by atoms with van der Waals surface area (Å²) in [4.78, 5) is 9.33. The maximum Gasteiger partial charge on any atom is 0.0934 e. The van der Waals surface area contributed by atoms with Gasteiger partial charge in [-0.25, -0.2) is 0 Å². The van der Waals surface area contributed by atoms with Crippen LogP contribution in [0.15, 0.2) is 85.5 Å². The van der Waals surface area contributed by atoms with Gasteiger partial charge in [0, 0.05) is 46.2 Å². The average Bonchev–Trinajstić information content (AvgIpc) is 3.43. The predicted molar refractivity (Wildman–Crippen MR) is 135 cm³/mol. The molecule has 0 fully saturated rings. The van der Waals surface area contributed by atoms with Crippen LogP contribution < -0.4 is 0 Å². The van der Waals surface area contributed by atoms with Crippen LogP contribution in [0.25, 0.3) is 21.2 Å². The van der Waals surface area contributed by atoms with Gasteiger partial charge < -0.3 is 4.90 Å². The molecule has 0 spiro atoms. The summed E-state index contributed by atoms with van der Waals surface area (Å²) >= 11 is 9.37. The molecule has 4 heterocycles. The Morgan fingerprint density at radius 1 is 1.10 bits per heavy atom. The Balaban J connectivity index is 0.000000150. The Kier molecular flexibility index (Phi) is 8.40. The summed E-state index contributed by atoms with van der Waals surface area (Å²) in [6, 6.07) is 14.7. The molecule has 154 valence electrons. The number of aromatic nitrogens is 1. The van der Waals surface area contributed by atoms with Crippen molar-refractivity contribution in [3.8, 4) is 10.4 Å². The van der Waals surface area contributed by atoms with Crippen molar-refractivity contribution in [1.29, 1.82) is 0 Å². The lowest BCUT2D eigenvalue weighted by Crippen LogP contribution is -2.24. The van der Waals surface area contributed by atoms with E-state index in [0.717, 1.165) is 17.3 Å². The summed E-state index contributed by atoms with van der Waals surface area (Å²) in [5.74, 6) is 0. The van der Waals surface area contributed by atoms with Crippen molar-refractivity contribution < 1.29 is 0 Å². The van der Waals surface area contributed by atoms with E-state index in [-0.39, 0.29) is 0 Å². The minimum Gasteiger partial charge on any atom is -0.301 e. The van der Waals surface area contributed by atoms with E-state index in [1.165, 1.54) is 38.2 Å². The fourth-order valence-corrected chi connectivity index (χ4v) is 5.33. The van der Waals surface area contributed by atoms with Gasteiger partial charge >= 0.3 is 0 Å². The smallest absolute Gasteiger partial charge is 0.0934 e. The Morgan fingerprint density at radius 3 is 2.63 bits per heavy atom. The normalized spacial score (nSPS) is 12.7. The number of fused-ring (bicyclic) bond motifs is 2. The monoisotopic (exact) mass is 452 g/mol. The molecular formula is C25H25ClN2S2. The average molecular weight is 453 g/mol. The molecule has 4 aromatic rings. The van der Waals surface area contributed by atoms with Crippen LogP contribution in [0.3, 0.4) is 0 Å². The van der Waals surface area contributed by atoms with Crippen LogP contribution in [0, 0.1) is 0 Å². The van der Waals surface area contributed by atoms with E-state index >= 15 is 0 Å². The molecule has 5 heteroatoms. The zero-order valence-electron chi connectivity index (χ0n) is 17.1.